The number of carboxylic acids is 1. The number of aryl methyl sites for hydroxylation is 2. The van der Waals surface area contributed by atoms with Gasteiger partial charge in [0.25, 0.3) is 5.91 Å². The third-order valence-corrected chi connectivity index (χ3v) is 8.53. The van der Waals surface area contributed by atoms with Crippen molar-refractivity contribution in [1.82, 2.24) is 14.9 Å². The molecule has 4 N–H and O–H groups in total. The van der Waals surface area contributed by atoms with Gasteiger partial charge in [0, 0.05) is 41.6 Å². The van der Waals surface area contributed by atoms with Crippen molar-refractivity contribution in [3.63, 3.8) is 0 Å². The molecule has 260 valence electrons. The molecule has 3 aromatic carbocycles. The number of carboxylic acid groups (broad SMARTS) is 1. The van der Waals surface area contributed by atoms with Crippen molar-refractivity contribution in [2.24, 2.45) is 5.92 Å². The van der Waals surface area contributed by atoms with Crippen molar-refractivity contribution in [2.45, 2.75) is 31.9 Å². The minimum atomic E-state index is -5.08. The molecular weight excluding hydrogens is 681 g/mol. The van der Waals surface area contributed by atoms with Crippen LogP contribution in [0.15, 0.2) is 66.9 Å². The van der Waals surface area contributed by atoms with E-state index < -0.39 is 12.1 Å². The van der Waals surface area contributed by atoms with Crippen molar-refractivity contribution in [3.05, 3.63) is 88.6 Å². The molecule has 0 unspecified atom stereocenters. The Morgan fingerprint density at radius 2 is 1.68 bits per heavy atom. The van der Waals surface area contributed by atoms with Gasteiger partial charge in [0.1, 0.15) is 5.02 Å². The fourth-order valence-corrected chi connectivity index (χ4v) is 5.79. The van der Waals surface area contributed by atoms with Crippen molar-refractivity contribution >= 4 is 58.2 Å². The molecule has 50 heavy (non-hydrogen) atoms. The summed E-state index contributed by atoms with van der Waals surface area (Å²) in [6, 6.07) is 19.2. The summed E-state index contributed by atoms with van der Waals surface area (Å²) in [5, 5.41) is 17.2. The second-order valence-electron chi connectivity index (χ2n) is 11.6. The number of nitrogens with one attached hydrogen (secondary N) is 3. The molecule has 0 radical (unpaired) electrons. The van der Waals surface area contributed by atoms with E-state index in [1.165, 1.54) is 0 Å². The van der Waals surface area contributed by atoms with Crippen LogP contribution >= 0.6 is 11.6 Å². The average Bonchev–Trinajstić information content (AvgIpc) is 3.57. The standard InChI is InChI=1S/C32H29ClN6O4.C2HF3O2/c33-25-17-34-32-36-23-3-1-2-19(14-23)4-5-21-15-24(35-29(25)38-32)7-8-26(21)37-30(40)20-10-12-39(13-11-20)31(41)22-6-9-27-28(16-22)43-18-42-27;3-2(4,5)1(6)7/h1-3,6-9,14-17,20H,4-5,10-13,18H2,(H,37,40)(H2,34,35,36,38);(H,6,7). The Labute approximate surface area is 288 Å². The lowest BCUT2D eigenvalue weighted by atomic mass is 9.94. The van der Waals surface area contributed by atoms with Crippen molar-refractivity contribution in [1.29, 1.82) is 0 Å². The van der Waals surface area contributed by atoms with Gasteiger partial charge in [0.05, 0.1) is 6.20 Å². The highest BCUT2D eigenvalue weighted by atomic mass is 35.5. The molecule has 2 amide bonds. The number of hydrogen-bond acceptors (Lipinski definition) is 9. The van der Waals surface area contributed by atoms with E-state index in [9.17, 15) is 22.8 Å². The van der Waals surface area contributed by atoms with Gasteiger partial charge in [-0.3, -0.25) is 9.59 Å². The number of hydrogen-bond donors (Lipinski definition) is 4. The molecule has 3 aliphatic rings. The molecule has 16 heteroatoms. The van der Waals surface area contributed by atoms with E-state index >= 15 is 0 Å². The molecule has 0 saturated carbocycles. The predicted molar refractivity (Wildman–Crippen MR) is 177 cm³/mol. The van der Waals surface area contributed by atoms with Crippen LogP contribution in [0.2, 0.25) is 5.02 Å². The normalized spacial score (nSPS) is 15.1. The molecule has 1 aromatic heterocycles. The Hall–Kier alpha value is -5.57. The second-order valence-corrected chi connectivity index (χ2v) is 12.0. The molecule has 0 spiro atoms. The first-order valence-corrected chi connectivity index (χ1v) is 15.9. The maximum Gasteiger partial charge on any atom is 0.490 e. The van der Waals surface area contributed by atoms with Gasteiger partial charge in [-0.1, -0.05) is 23.7 Å². The lowest BCUT2D eigenvalue weighted by molar-refractivity contribution is -0.192. The largest absolute Gasteiger partial charge is 0.490 e. The van der Waals surface area contributed by atoms with E-state index in [0.717, 1.165) is 34.6 Å². The highest BCUT2D eigenvalue weighted by Gasteiger charge is 2.38. The molecule has 6 bridgehead atoms. The first kappa shape index (κ1) is 34.3. The van der Waals surface area contributed by atoms with Crippen LogP contribution in [-0.2, 0) is 22.4 Å². The summed E-state index contributed by atoms with van der Waals surface area (Å²) >= 11 is 6.40. The second kappa shape index (κ2) is 14.5. The van der Waals surface area contributed by atoms with E-state index in [1.807, 2.05) is 30.3 Å². The number of ether oxygens (including phenoxy) is 2. The van der Waals surface area contributed by atoms with Crippen molar-refractivity contribution in [2.75, 3.05) is 35.8 Å². The zero-order chi connectivity index (χ0) is 35.4. The third kappa shape index (κ3) is 8.17. The summed E-state index contributed by atoms with van der Waals surface area (Å²) in [6.45, 7) is 1.18. The zero-order valence-electron chi connectivity index (χ0n) is 26.2. The predicted octanol–water partition coefficient (Wildman–Crippen LogP) is 6.57. The minimum Gasteiger partial charge on any atom is -0.475 e. The molecule has 0 atom stereocenters. The summed E-state index contributed by atoms with van der Waals surface area (Å²) < 4.78 is 42.5. The summed E-state index contributed by atoms with van der Waals surface area (Å²) in [6.07, 6.45) is -0.849. The number of piperidine rings is 1. The van der Waals surface area contributed by atoms with E-state index in [4.69, 9.17) is 31.0 Å². The minimum absolute atomic E-state index is 0.0373. The number of aromatic nitrogens is 2. The molecule has 0 aliphatic carbocycles. The average molecular weight is 711 g/mol. The fourth-order valence-electron chi connectivity index (χ4n) is 5.66. The molecule has 12 nitrogen and oxygen atoms in total. The first-order valence-electron chi connectivity index (χ1n) is 15.5. The Bertz CT molecular complexity index is 1940. The number of amides is 2. The molecule has 3 aliphatic heterocycles. The Morgan fingerprint density at radius 1 is 0.940 bits per heavy atom. The van der Waals surface area contributed by atoms with E-state index in [2.05, 4.69) is 38.1 Å². The lowest BCUT2D eigenvalue weighted by Gasteiger charge is -2.31. The zero-order valence-corrected chi connectivity index (χ0v) is 27.0. The molecule has 1 saturated heterocycles. The van der Waals surface area contributed by atoms with Crippen LogP contribution in [0.25, 0.3) is 0 Å². The van der Waals surface area contributed by atoms with Gasteiger partial charge in [-0.2, -0.15) is 18.2 Å². The Balaban J connectivity index is 0.000000561. The van der Waals surface area contributed by atoms with Crippen LogP contribution < -0.4 is 25.4 Å². The van der Waals surface area contributed by atoms with Crippen LogP contribution in [0.3, 0.4) is 0 Å². The van der Waals surface area contributed by atoms with Crippen molar-refractivity contribution < 1.29 is 42.1 Å². The van der Waals surface area contributed by atoms with Crippen LogP contribution in [-0.4, -0.2) is 63.8 Å². The maximum atomic E-state index is 13.4. The number of halogens is 4. The number of aliphatic carboxylic acids is 1. The number of likely N-dealkylation sites (tertiary alicyclic amines) is 1. The Kier molecular flexibility index (Phi) is 9.95. The van der Waals surface area contributed by atoms with Crippen LogP contribution in [0.1, 0.15) is 34.3 Å². The SMILES string of the molecule is O=C(Nc1ccc2cc1CCc1cccc(c1)Nc1ncc(Cl)c(n1)N2)C1CCN(C(=O)c2ccc3c(c2)OCO3)CC1.O=C(O)C(F)(F)F. The Morgan fingerprint density at radius 3 is 2.44 bits per heavy atom. The number of rotatable bonds is 3. The molecular formula is C34H30ClF3N6O6. The summed E-state index contributed by atoms with van der Waals surface area (Å²) in [5.74, 6) is -0.902. The van der Waals surface area contributed by atoms with Gasteiger partial charge >= 0.3 is 12.1 Å². The fraction of sp³-hybridized carbons (Fsp3) is 0.265. The number of alkyl halides is 3. The van der Waals surface area contributed by atoms with Crippen LogP contribution in [0, 0.1) is 5.92 Å². The van der Waals surface area contributed by atoms with Crippen LogP contribution in [0.4, 0.5) is 42.0 Å². The number of nitrogens with zero attached hydrogens (tertiary/aromatic N) is 3. The number of fused-ring (bicyclic) bond motifs is 7. The smallest absolute Gasteiger partial charge is 0.475 e. The number of anilines is 5. The maximum absolute atomic E-state index is 13.4. The summed E-state index contributed by atoms with van der Waals surface area (Å²) in [5.41, 5.74) is 5.16. The number of carbonyl (C=O) groups is 3. The summed E-state index contributed by atoms with van der Waals surface area (Å²) in [4.78, 5) is 46.1. The molecule has 1 fully saturated rings. The first-order chi connectivity index (χ1) is 23.9. The third-order valence-electron chi connectivity index (χ3n) is 8.25. The lowest BCUT2D eigenvalue weighted by Crippen LogP contribution is -2.41. The molecule has 7 rings (SSSR count). The van der Waals surface area contributed by atoms with E-state index in [0.29, 0.717) is 66.2 Å². The monoisotopic (exact) mass is 710 g/mol. The van der Waals surface area contributed by atoms with Crippen molar-refractivity contribution in [3.8, 4) is 11.5 Å². The number of benzene rings is 3. The topological polar surface area (TPSA) is 155 Å². The summed E-state index contributed by atoms with van der Waals surface area (Å²) in [7, 11) is 0. The van der Waals surface area contributed by atoms with Gasteiger partial charge in [-0.25, -0.2) is 9.78 Å². The highest BCUT2D eigenvalue weighted by molar-refractivity contribution is 6.32. The van der Waals surface area contributed by atoms with E-state index in [-0.39, 0.29) is 24.5 Å². The van der Waals surface area contributed by atoms with E-state index in [1.54, 1.807) is 29.3 Å². The quantitative estimate of drug-likeness (QED) is 0.184. The van der Waals surface area contributed by atoms with Gasteiger partial charge in [-0.05, 0) is 85.3 Å². The molecule has 4 heterocycles. The number of carbonyl (C=O) groups excluding carboxylic acids is 2. The van der Waals surface area contributed by atoms with Gasteiger partial charge in [0.2, 0.25) is 18.6 Å². The van der Waals surface area contributed by atoms with Gasteiger partial charge < -0.3 is 35.4 Å². The van der Waals surface area contributed by atoms with Gasteiger partial charge in [0.15, 0.2) is 17.3 Å². The van der Waals surface area contributed by atoms with Crippen LogP contribution in [0.5, 0.6) is 11.5 Å². The highest BCUT2D eigenvalue weighted by Crippen LogP contribution is 2.34. The molecule has 4 aromatic rings. The van der Waals surface area contributed by atoms with Gasteiger partial charge in [-0.15, -0.1) is 0 Å².